The highest BCUT2D eigenvalue weighted by atomic mass is 15.1. The molecule has 0 atom stereocenters. The SMILES string of the molecule is CN(C)c1cc(C2CCNCC2)nc(-c2cccnc2)n1. The Bertz CT molecular complexity index is 591. The van der Waals surface area contributed by atoms with Gasteiger partial charge >= 0.3 is 0 Å². The Balaban J connectivity index is 2.01. The van der Waals surface area contributed by atoms with Gasteiger partial charge in [0.25, 0.3) is 0 Å². The summed E-state index contributed by atoms with van der Waals surface area (Å²) in [6.07, 6.45) is 5.86. The van der Waals surface area contributed by atoms with Crippen LogP contribution in [0.2, 0.25) is 0 Å². The van der Waals surface area contributed by atoms with E-state index >= 15 is 0 Å². The van der Waals surface area contributed by atoms with Gasteiger partial charge in [-0.1, -0.05) is 0 Å². The molecule has 0 saturated carbocycles. The zero-order chi connectivity index (χ0) is 14.7. The summed E-state index contributed by atoms with van der Waals surface area (Å²) in [5, 5.41) is 3.40. The van der Waals surface area contributed by atoms with Crippen LogP contribution in [0.15, 0.2) is 30.6 Å². The fourth-order valence-electron chi connectivity index (χ4n) is 2.63. The Morgan fingerprint density at radius 2 is 2.00 bits per heavy atom. The molecule has 2 aromatic heterocycles. The first-order valence-corrected chi connectivity index (χ1v) is 7.41. The second kappa shape index (κ2) is 6.18. The third kappa shape index (κ3) is 3.19. The molecule has 1 fully saturated rings. The van der Waals surface area contributed by atoms with Crippen molar-refractivity contribution >= 4 is 5.82 Å². The van der Waals surface area contributed by atoms with Gasteiger partial charge in [-0.2, -0.15) is 0 Å². The van der Waals surface area contributed by atoms with Gasteiger partial charge in [0.1, 0.15) is 5.82 Å². The molecule has 0 aliphatic carbocycles. The summed E-state index contributed by atoms with van der Waals surface area (Å²) in [5.74, 6) is 2.24. The molecular formula is C16H21N5. The lowest BCUT2D eigenvalue weighted by molar-refractivity contribution is 0.453. The molecule has 3 rings (SSSR count). The van der Waals surface area contributed by atoms with Crippen LogP contribution >= 0.6 is 0 Å². The lowest BCUT2D eigenvalue weighted by atomic mass is 9.94. The number of aromatic nitrogens is 3. The molecule has 1 N–H and O–H groups in total. The topological polar surface area (TPSA) is 53.9 Å². The first kappa shape index (κ1) is 13.9. The minimum absolute atomic E-state index is 0.517. The third-order valence-corrected chi connectivity index (χ3v) is 3.87. The van der Waals surface area contributed by atoms with E-state index in [1.54, 1.807) is 6.20 Å². The molecule has 1 aliphatic heterocycles. The molecule has 3 heterocycles. The lowest BCUT2D eigenvalue weighted by Crippen LogP contribution is -2.27. The normalized spacial score (nSPS) is 15.9. The standard InChI is InChI=1S/C16H21N5/c1-21(2)15-10-14(12-5-8-17-9-6-12)19-16(20-15)13-4-3-7-18-11-13/h3-4,7,10-12,17H,5-6,8-9H2,1-2H3. The van der Waals surface area contributed by atoms with Crippen LogP contribution in [0.1, 0.15) is 24.5 Å². The van der Waals surface area contributed by atoms with Gasteiger partial charge in [-0.25, -0.2) is 9.97 Å². The van der Waals surface area contributed by atoms with Crippen LogP contribution in [0.25, 0.3) is 11.4 Å². The van der Waals surface area contributed by atoms with E-state index in [2.05, 4.69) is 21.4 Å². The van der Waals surface area contributed by atoms with Crippen molar-refractivity contribution in [1.29, 1.82) is 0 Å². The van der Waals surface area contributed by atoms with Crippen molar-refractivity contribution in [3.05, 3.63) is 36.3 Å². The van der Waals surface area contributed by atoms with Crippen LogP contribution in [0.4, 0.5) is 5.82 Å². The number of nitrogens with zero attached hydrogens (tertiary/aromatic N) is 4. The Kier molecular flexibility index (Phi) is 4.10. The summed E-state index contributed by atoms with van der Waals surface area (Å²) >= 11 is 0. The van der Waals surface area contributed by atoms with Gasteiger partial charge in [-0.05, 0) is 38.1 Å². The first-order valence-electron chi connectivity index (χ1n) is 7.41. The van der Waals surface area contributed by atoms with Gasteiger partial charge in [0.2, 0.25) is 0 Å². The predicted molar refractivity (Wildman–Crippen MR) is 84.4 cm³/mol. The van der Waals surface area contributed by atoms with Crippen molar-refractivity contribution in [1.82, 2.24) is 20.3 Å². The fraction of sp³-hybridized carbons (Fsp3) is 0.438. The van der Waals surface area contributed by atoms with E-state index in [4.69, 9.17) is 4.98 Å². The van der Waals surface area contributed by atoms with Crippen LogP contribution in [-0.2, 0) is 0 Å². The monoisotopic (exact) mass is 283 g/mol. The number of nitrogens with one attached hydrogen (secondary N) is 1. The van der Waals surface area contributed by atoms with Gasteiger partial charge in [0, 0.05) is 49.7 Å². The minimum Gasteiger partial charge on any atom is -0.363 e. The molecule has 0 radical (unpaired) electrons. The van der Waals surface area contributed by atoms with E-state index in [1.807, 2.05) is 37.3 Å². The molecule has 1 aliphatic rings. The highest BCUT2D eigenvalue weighted by Crippen LogP contribution is 2.28. The molecule has 0 amide bonds. The zero-order valence-corrected chi connectivity index (χ0v) is 12.6. The number of hydrogen-bond acceptors (Lipinski definition) is 5. The maximum absolute atomic E-state index is 4.80. The number of rotatable bonds is 3. The summed E-state index contributed by atoms with van der Waals surface area (Å²) < 4.78 is 0. The van der Waals surface area contributed by atoms with Crippen molar-refractivity contribution in [2.75, 3.05) is 32.1 Å². The summed E-state index contributed by atoms with van der Waals surface area (Å²) in [6, 6.07) is 6.05. The van der Waals surface area contributed by atoms with Crippen molar-refractivity contribution in [3.63, 3.8) is 0 Å². The second-order valence-electron chi connectivity index (χ2n) is 5.64. The van der Waals surface area contributed by atoms with Crippen molar-refractivity contribution in [2.24, 2.45) is 0 Å². The zero-order valence-electron chi connectivity index (χ0n) is 12.6. The van der Waals surface area contributed by atoms with E-state index < -0.39 is 0 Å². The highest BCUT2D eigenvalue weighted by molar-refractivity contribution is 5.56. The smallest absolute Gasteiger partial charge is 0.163 e. The van der Waals surface area contributed by atoms with E-state index in [0.29, 0.717) is 5.92 Å². The summed E-state index contributed by atoms with van der Waals surface area (Å²) in [4.78, 5) is 15.7. The van der Waals surface area contributed by atoms with Crippen LogP contribution in [0, 0.1) is 0 Å². The Hall–Kier alpha value is -2.01. The largest absolute Gasteiger partial charge is 0.363 e. The van der Waals surface area contributed by atoms with Crippen LogP contribution in [0.5, 0.6) is 0 Å². The Labute approximate surface area is 125 Å². The number of hydrogen-bond donors (Lipinski definition) is 1. The average molecular weight is 283 g/mol. The van der Waals surface area contributed by atoms with E-state index in [-0.39, 0.29) is 0 Å². The van der Waals surface area contributed by atoms with Crippen molar-refractivity contribution in [3.8, 4) is 11.4 Å². The summed E-state index contributed by atoms with van der Waals surface area (Å²) in [5.41, 5.74) is 2.12. The summed E-state index contributed by atoms with van der Waals surface area (Å²) in [7, 11) is 4.03. The molecule has 5 nitrogen and oxygen atoms in total. The third-order valence-electron chi connectivity index (χ3n) is 3.87. The molecule has 0 unspecified atom stereocenters. The second-order valence-corrected chi connectivity index (χ2v) is 5.64. The molecule has 0 bridgehead atoms. The number of piperidine rings is 1. The molecule has 0 spiro atoms. The minimum atomic E-state index is 0.517. The molecule has 5 heteroatoms. The molecule has 110 valence electrons. The van der Waals surface area contributed by atoms with Gasteiger partial charge < -0.3 is 10.2 Å². The highest BCUT2D eigenvalue weighted by Gasteiger charge is 2.19. The molecule has 2 aromatic rings. The van der Waals surface area contributed by atoms with Crippen LogP contribution in [-0.4, -0.2) is 42.1 Å². The molecule has 0 aromatic carbocycles. The van der Waals surface area contributed by atoms with Crippen molar-refractivity contribution < 1.29 is 0 Å². The molecular weight excluding hydrogens is 262 g/mol. The van der Waals surface area contributed by atoms with E-state index in [0.717, 1.165) is 48.8 Å². The van der Waals surface area contributed by atoms with Gasteiger partial charge in [0.15, 0.2) is 5.82 Å². The van der Waals surface area contributed by atoms with Gasteiger partial charge in [-0.15, -0.1) is 0 Å². The van der Waals surface area contributed by atoms with E-state index in [1.165, 1.54) is 0 Å². The average Bonchev–Trinajstić information content (AvgIpc) is 2.56. The van der Waals surface area contributed by atoms with E-state index in [9.17, 15) is 0 Å². The van der Waals surface area contributed by atoms with Crippen molar-refractivity contribution in [2.45, 2.75) is 18.8 Å². The Morgan fingerprint density at radius 1 is 1.19 bits per heavy atom. The quantitative estimate of drug-likeness (QED) is 0.934. The maximum Gasteiger partial charge on any atom is 0.163 e. The number of pyridine rings is 1. The Morgan fingerprint density at radius 3 is 2.67 bits per heavy atom. The fourth-order valence-corrected chi connectivity index (χ4v) is 2.63. The molecule has 21 heavy (non-hydrogen) atoms. The molecule has 1 saturated heterocycles. The van der Waals surface area contributed by atoms with Gasteiger partial charge in [-0.3, -0.25) is 4.98 Å². The van der Waals surface area contributed by atoms with Gasteiger partial charge in [0.05, 0.1) is 0 Å². The summed E-state index contributed by atoms with van der Waals surface area (Å²) in [6.45, 7) is 2.13. The lowest BCUT2D eigenvalue weighted by Gasteiger charge is -2.23. The predicted octanol–water partition coefficient (Wildman–Crippen LogP) is 2.07. The van der Waals surface area contributed by atoms with Crippen LogP contribution in [0.3, 0.4) is 0 Å². The number of anilines is 1. The maximum atomic E-state index is 4.80. The first-order chi connectivity index (χ1) is 10.2. The van der Waals surface area contributed by atoms with Crippen LogP contribution < -0.4 is 10.2 Å².